The number of imidazole rings is 1. The smallest absolute Gasteiger partial charge is 0.326 e. The van der Waals surface area contributed by atoms with Crippen molar-refractivity contribution in [3.63, 3.8) is 0 Å². The number of nitrogens with one attached hydrogen (secondary N) is 1. The highest BCUT2D eigenvalue weighted by molar-refractivity contribution is 7.71. The Balaban J connectivity index is 2.49. The summed E-state index contributed by atoms with van der Waals surface area (Å²) in [4.78, 5) is 14.5. The minimum Gasteiger partial charge on any atom is -0.465 e. The number of H-pyrrole nitrogens is 1. The second-order valence-electron chi connectivity index (χ2n) is 3.73. The molecule has 17 heavy (non-hydrogen) atoms. The molecule has 0 saturated carbocycles. The molecule has 6 nitrogen and oxygen atoms in total. The van der Waals surface area contributed by atoms with Gasteiger partial charge in [-0.3, -0.25) is 14.0 Å². The number of aromatic amines is 1. The zero-order valence-electron chi connectivity index (χ0n) is 9.98. The molecule has 2 rings (SSSR count). The van der Waals surface area contributed by atoms with Crippen LogP contribution >= 0.6 is 12.2 Å². The Kier molecular flexibility index (Phi) is 3.01. The van der Waals surface area contributed by atoms with Crippen molar-refractivity contribution in [2.45, 2.75) is 20.4 Å². The maximum absolute atomic E-state index is 11.5. The van der Waals surface area contributed by atoms with Crippen molar-refractivity contribution in [3.05, 3.63) is 10.5 Å². The van der Waals surface area contributed by atoms with Crippen molar-refractivity contribution in [3.8, 4) is 0 Å². The maximum Gasteiger partial charge on any atom is 0.326 e. The molecule has 0 spiro atoms. The zero-order valence-corrected chi connectivity index (χ0v) is 10.8. The quantitative estimate of drug-likeness (QED) is 0.662. The summed E-state index contributed by atoms with van der Waals surface area (Å²) in [7, 11) is 1.82. The van der Waals surface area contributed by atoms with Gasteiger partial charge in [-0.15, -0.1) is 0 Å². The average Bonchev–Trinajstić information content (AvgIpc) is 2.69. The van der Waals surface area contributed by atoms with Crippen molar-refractivity contribution in [1.29, 1.82) is 0 Å². The van der Waals surface area contributed by atoms with Crippen LogP contribution in [-0.2, 0) is 23.1 Å². The molecule has 0 aliphatic rings. The summed E-state index contributed by atoms with van der Waals surface area (Å²) in [6.45, 7) is 4.14. The summed E-state index contributed by atoms with van der Waals surface area (Å²) in [5.74, 6) is -0.302. The first-order valence-electron chi connectivity index (χ1n) is 5.32. The minimum atomic E-state index is -0.302. The van der Waals surface area contributed by atoms with Crippen LogP contribution < -0.4 is 0 Å². The van der Waals surface area contributed by atoms with Crippen LogP contribution in [0.2, 0.25) is 0 Å². The fourth-order valence-electron chi connectivity index (χ4n) is 1.85. The predicted octanol–water partition coefficient (Wildman–Crippen LogP) is 1.30. The third-order valence-electron chi connectivity index (χ3n) is 2.52. The van der Waals surface area contributed by atoms with Gasteiger partial charge in [-0.25, -0.2) is 0 Å². The lowest BCUT2D eigenvalue weighted by atomic mass is 10.4. The van der Waals surface area contributed by atoms with Gasteiger partial charge in [-0.2, -0.15) is 5.10 Å². The molecule has 0 aliphatic heterocycles. The molecule has 0 aliphatic carbocycles. The lowest BCUT2D eigenvalue weighted by molar-refractivity contribution is -0.143. The van der Waals surface area contributed by atoms with Crippen LogP contribution in [0.1, 0.15) is 12.6 Å². The summed E-state index contributed by atoms with van der Waals surface area (Å²) >= 11 is 5.19. The Labute approximate surface area is 103 Å². The maximum atomic E-state index is 11.5. The van der Waals surface area contributed by atoms with Gasteiger partial charge in [0.25, 0.3) is 0 Å². The van der Waals surface area contributed by atoms with Gasteiger partial charge in [-0.1, -0.05) is 0 Å². The minimum absolute atomic E-state index is 0.103. The van der Waals surface area contributed by atoms with E-state index in [1.807, 2.05) is 14.0 Å². The number of rotatable bonds is 3. The molecular weight excluding hydrogens is 240 g/mol. The summed E-state index contributed by atoms with van der Waals surface area (Å²) in [5, 5.41) is 4.27. The van der Waals surface area contributed by atoms with E-state index >= 15 is 0 Å². The molecule has 0 fully saturated rings. The molecule has 0 radical (unpaired) electrons. The van der Waals surface area contributed by atoms with Crippen molar-refractivity contribution in [2.75, 3.05) is 6.61 Å². The Hall–Kier alpha value is -1.63. The van der Waals surface area contributed by atoms with Crippen molar-refractivity contribution >= 4 is 29.4 Å². The summed E-state index contributed by atoms with van der Waals surface area (Å²) in [6, 6.07) is 0. The largest absolute Gasteiger partial charge is 0.465 e. The van der Waals surface area contributed by atoms with Crippen LogP contribution in [0.25, 0.3) is 11.2 Å². The predicted molar refractivity (Wildman–Crippen MR) is 65.3 cm³/mol. The van der Waals surface area contributed by atoms with E-state index in [1.165, 1.54) is 0 Å². The van der Waals surface area contributed by atoms with Crippen LogP contribution in [0, 0.1) is 11.7 Å². The summed E-state index contributed by atoms with van der Waals surface area (Å²) in [6.07, 6.45) is 0. The first kappa shape index (κ1) is 11.8. The average molecular weight is 254 g/mol. The van der Waals surface area contributed by atoms with Gasteiger partial charge in [0.15, 0.2) is 10.4 Å². The van der Waals surface area contributed by atoms with E-state index in [4.69, 9.17) is 17.0 Å². The fourth-order valence-corrected chi connectivity index (χ4v) is 2.11. The third-order valence-corrected chi connectivity index (χ3v) is 2.84. The highest BCUT2D eigenvalue weighted by Gasteiger charge is 2.15. The van der Waals surface area contributed by atoms with Crippen molar-refractivity contribution in [2.24, 2.45) is 7.05 Å². The fraction of sp³-hybridized carbons (Fsp3) is 0.500. The SMILES string of the molecule is CCOC(=O)Cn1c(=S)[nH]c2c(C)nn(C)c21. The van der Waals surface area contributed by atoms with Crippen LogP contribution in [0.5, 0.6) is 0 Å². The van der Waals surface area contributed by atoms with Gasteiger partial charge in [0.2, 0.25) is 0 Å². The standard InChI is InChI=1S/C10H14N4O2S/c1-4-16-7(15)5-14-9-8(11-10(14)17)6(2)12-13(9)3/h4-5H2,1-3H3,(H,11,17). The molecule has 0 bridgehead atoms. The van der Waals surface area contributed by atoms with E-state index in [0.29, 0.717) is 11.4 Å². The van der Waals surface area contributed by atoms with Gasteiger partial charge in [0.1, 0.15) is 12.1 Å². The Morgan fingerprint density at radius 3 is 2.94 bits per heavy atom. The van der Waals surface area contributed by atoms with Gasteiger partial charge in [0, 0.05) is 7.05 Å². The van der Waals surface area contributed by atoms with E-state index in [1.54, 1.807) is 16.2 Å². The van der Waals surface area contributed by atoms with Crippen LogP contribution in [0.15, 0.2) is 0 Å². The van der Waals surface area contributed by atoms with Gasteiger partial charge >= 0.3 is 5.97 Å². The Morgan fingerprint density at radius 1 is 1.59 bits per heavy atom. The molecule has 2 aromatic heterocycles. The van der Waals surface area contributed by atoms with E-state index in [2.05, 4.69) is 10.1 Å². The van der Waals surface area contributed by atoms with E-state index in [-0.39, 0.29) is 12.5 Å². The van der Waals surface area contributed by atoms with Gasteiger partial charge < -0.3 is 9.72 Å². The van der Waals surface area contributed by atoms with Crippen LogP contribution in [-0.4, -0.2) is 31.9 Å². The van der Waals surface area contributed by atoms with Gasteiger partial charge in [0.05, 0.1) is 12.3 Å². The Morgan fingerprint density at radius 2 is 2.29 bits per heavy atom. The second kappa shape index (κ2) is 4.33. The molecule has 2 heterocycles. The molecular formula is C10H14N4O2S. The zero-order chi connectivity index (χ0) is 12.6. The molecule has 7 heteroatoms. The Bertz CT molecular complexity index is 622. The van der Waals surface area contributed by atoms with Crippen LogP contribution in [0.4, 0.5) is 0 Å². The first-order valence-corrected chi connectivity index (χ1v) is 5.73. The summed E-state index contributed by atoms with van der Waals surface area (Å²) < 4.78 is 8.82. The molecule has 1 N–H and O–H groups in total. The summed E-state index contributed by atoms with van der Waals surface area (Å²) in [5.41, 5.74) is 2.53. The second-order valence-corrected chi connectivity index (χ2v) is 4.12. The van der Waals surface area contributed by atoms with Gasteiger partial charge in [-0.05, 0) is 26.1 Å². The van der Waals surface area contributed by atoms with Crippen molar-refractivity contribution in [1.82, 2.24) is 19.3 Å². The third kappa shape index (κ3) is 1.97. The van der Waals surface area contributed by atoms with E-state index in [9.17, 15) is 4.79 Å². The highest BCUT2D eigenvalue weighted by atomic mass is 32.1. The van der Waals surface area contributed by atoms with Crippen molar-refractivity contribution < 1.29 is 9.53 Å². The number of carbonyl (C=O) groups excluding carboxylic acids is 1. The number of ether oxygens (including phenoxy) is 1. The highest BCUT2D eigenvalue weighted by Crippen LogP contribution is 2.16. The molecule has 0 unspecified atom stereocenters. The van der Waals surface area contributed by atoms with E-state index in [0.717, 1.165) is 16.9 Å². The number of esters is 1. The topological polar surface area (TPSA) is 64.8 Å². The molecule has 0 amide bonds. The lowest BCUT2D eigenvalue weighted by Gasteiger charge is -2.04. The molecule has 0 saturated heterocycles. The number of carbonyl (C=O) groups is 1. The van der Waals surface area contributed by atoms with Crippen LogP contribution in [0.3, 0.4) is 0 Å². The molecule has 0 aromatic carbocycles. The number of aromatic nitrogens is 4. The lowest BCUT2D eigenvalue weighted by Crippen LogP contribution is -2.14. The molecule has 2 aromatic rings. The number of hydrogen-bond donors (Lipinski definition) is 1. The number of aryl methyl sites for hydroxylation is 2. The number of fused-ring (bicyclic) bond motifs is 1. The number of hydrogen-bond acceptors (Lipinski definition) is 4. The normalized spacial score (nSPS) is 11.0. The molecule has 92 valence electrons. The first-order chi connectivity index (χ1) is 8.04. The monoisotopic (exact) mass is 254 g/mol. The number of nitrogens with zero attached hydrogens (tertiary/aromatic N) is 3. The van der Waals surface area contributed by atoms with E-state index < -0.39 is 0 Å². The molecule has 0 atom stereocenters.